The van der Waals surface area contributed by atoms with Gasteiger partial charge in [-0.05, 0) is 26.0 Å². The smallest absolute Gasteiger partial charge is 0.156 e. The number of pyridine rings is 1. The third-order valence-corrected chi connectivity index (χ3v) is 2.04. The van der Waals surface area contributed by atoms with Crippen LogP contribution in [-0.2, 0) is 0 Å². The van der Waals surface area contributed by atoms with Gasteiger partial charge >= 0.3 is 0 Å². The van der Waals surface area contributed by atoms with E-state index in [1.165, 1.54) is 0 Å². The molecule has 0 amide bonds. The topological polar surface area (TPSA) is 41.6 Å². The molecule has 0 spiro atoms. The molecule has 0 aliphatic carbocycles. The molecule has 1 N–H and O–H groups in total. The van der Waals surface area contributed by atoms with Crippen molar-refractivity contribution >= 4 is 0 Å². The molecule has 2 aromatic rings. The van der Waals surface area contributed by atoms with Gasteiger partial charge in [0.2, 0.25) is 0 Å². The minimum Gasteiger partial charge on any atom is -0.341 e. The first-order valence-electron chi connectivity index (χ1n) is 4.22. The van der Waals surface area contributed by atoms with E-state index in [4.69, 9.17) is 0 Å². The number of H-pyrrole nitrogens is 1. The van der Waals surface area contributed by atoms with Gasteiger partial charge < -0.3 is 4.98 Å². The molecule has 0 saturated carbocycles. The zero-order chi connectivity index (χ0) is 9.26. The van der Waals surface area contributed by atoms with Crippen molar-refractivity contribution in [1.29, 1.82) is 0 Å². The van der Waals surface area contributed by atoms with Crippen LogP contribution in [0.25, 0.3) is 11.5 Å². The lowest BCUT2D eigenvalue weighted by Gasteiger charge is -1.92. The molecule has 0 fully saturated rings. The quantitative estimate of drug-likeness (QED) is 0.717. The maximum absolute atomic E-state index is 4.36. The van der Waals surface area contributed by atoms with Gasteiger partial charge in [-0.15, -0.1) is 0 Å². The van der Waals surface area contributed by atoms with E-state index in [0.29, 0.717) is 0 Å². The molecule has 0 saturated heterocycles. The number of rotatable bonds is 1. The predicted octanol–water partition coefficient (Wildman–Crippen LogP) is 2.09. The normalized spacial score (nSPS) is 10.3. The van der Waals surface area contributed by atoms with E-state index in [1.54, 1.807) is 6.20 Å². The summed E-state index contributed by atoms with van der Waals surface area (Å²) in [6.45, 7) is 3.99. The molecule has 3 nitrogen and oxygen atoms in total. The Kier molecular flexibility index (Phi) is 1.85. The molecule has 2 heterocycles. The SMILES string of the molecule is Cc1nc(-c2ccccn2)[nH]c1C. The predicted molar refractivity (Wildman–Crippen MR) is 51.3 cm³/mol. The Hall–Kier alpha value is -1.64. The minimum atomic E-state index is 0.843. The van der Waals surface area contributed by atoms with Crippen LogP contribution >= 0.6 is 0 Å². The summed E-state index contributed by atoms with van der Waals surface area (Å²) in [6.07, 6.45) is 1.77. The second kappa shape index (κ2) is 3.01. The van der Waals surface area contributed by atoms with Gasteiger partial charge in [0.25, 0.3) is 0 Å². The number of nitrogens with one attached hydrogen (secondary N) is 1. The third-order valence-electron chi connectivity index (χ3n) is 2.04. The first-order chi connectivity index (χ1) is 6.27. The molecule has 0 aromatic carbocycles. The fourth-order valence-corrected chi connectivity index (χ4v) is 1.17. The van der Waals surface area contributed by atoms with E-state index >= 15 is 0 Å². The first-order valence-corrected chi connectivity index (χ1v) is 4.22. The molecular weight excluding hydrogens is 162 g/mol. The summed E-state index contributed by atoms with van der Waals surface area (Å²) >= 11 is 0. The van der Waals surface area contributed by atoms with Gasteiger partial charge in [-0.25, -0.2) is 4.98 Å². The number of aryl methyl sites for hydroxylation is 2. The highest BCUT2D eigenvalue weighted by Crippen LogP contribution is 2.13. The summed E-state index contributed by atoms with van der Waals surface area (Å²) < 4.78 is 0. The van der Waals surface area contributed by atoms with Crippen LogP contribution in [0.1, 0.15) is 11.4 Å². The summed E-state index contributed by atoms with van der Waals surface area (Å²) in [5, 5.41) is 0. The minimum absolute atomic E-state index is 0.843. The van der Waals surface area contributed by atoms with Gasteiger partial charge in [0.05, 0.1) is 5.69 Å². The van der Waals surface area contributed by atoms with E-state index in [9.17, 15) is 0 Å². The van der Waals surface area contributed by atoms with Gasteiger partial charge in [-0.3, -0.25) is 4.98 Å². The molecule has 13 heavy (non-hydrogen) atoms. The van der Waals surface area contributed by atoms with E-state index in [2.05, 4.69) is 15.0 Å². The fourth-order valence-electron chi connectivity index (χ4n) is 1.17. The van der Waals surface area contributed by atoms with E-state index < -0.39 is 0 Å². The van der Waals surface area contributed by atoms with Crippen molar-refractivity contribution in [3.8, 4) is 11.5 Å². The molecule has 0 unspecified atom stereocenters. The monoisotopic (exact) mass is 173 g/mol. The molecule has 0 radical (unpaired) electrons. The van der Waals surface area contributed by atoms with Crippen LogP contribution in [-0.4, -0.2) is 15.0 Å². The highest BCUT2D eigenvalue weighted by Gasteiger charge is 2.04. The Morgan fingerprint density at radius 1 is 1.23 bits per heavy atom. The molecule has 0 aliphatic rings. The van der Waals surface area contributed by atoms with Crippen LogP contribution in [0.15, 0.2) is 24.4 Å². The van der Waals surface area contributed by atoms with Crippen LogP contribution in [0.2, 0.25) is 0 Å². The number of imidazole rings is 1. The van der Waals surface area contributed by atoms with Crippen molar-refractivity contribution in [3.05, 3.63) is 35.8 Å². The van der Waals surface area contributed by atoms with Crippen molar-refractivity contribution in [1.82, 2.24) is 15.0 Å². The first kappa shape index (κ1) is 7.98. The average molecular weight is 173 g/mol. The molecule has 3 heteroatoms. The Bertz CT molecular complexity index is 384. The van der Waals surface area contributed by atoms with Crippen LogP contribution < -0.4 is 0 Å². The zero-order valence-electron chi connectivity index (χ0n) is 7.70. The van der Waals surface area contributed by atoms with Crippen LogP contribution in [0.3, 0.4) is 0 Å². The molecule has 2 aromatic heterocycles. The molecule has 66 valence electrons. The summed E-state index contributed by atoms with van der Waals surface area (Å²) in [7, 11) is 0. The Morgan fingerprint density at radius 3 is 2.62 bits per heavy atom. The van der Waals surface area contributed by atoms with E-state index in [0.717, 1.165) is 22.9 Å². The number of aromatic amines is 1. The number of aromatic nitrogens is 3. The van der Waals surface area contributed by atoms with Gasteiger partial charge in [0.15, 0.2) is 5.82 Å². The largest absolute Gasteiger partial charge is 0.341 e. The molecule has 0 atom stereocenters. The van der Waals surface area contributed by atoms with Crippen molar-refractivity contribution < 1.29 is 0 Å². The van der Waals surface area contributed by atoms with Gasteiger partial charge in [-0.2, -0.15) is 0 Å². The second-order valence-corrected chi connectivity index (χ2v) is 3.01. The average Bonchev–Trinajstić information content (AvgIpc) is 2.49. The Balaban J connectivity index is 2.48. The lowest BCUT2D eigenvalue weighted by molar-refractivity contribution is 1.20. The van der Waals surface area contributed by atoms with Crippen molar-refractivity contribution in [2.45, 2.75) is 13.8 Å². The van der Waals surface area contributed by atoms with Gasteiger partial charge in [0.1, 0.15) is 5.69 Å². The summed E-state index contributed by atoms with van der Waals surface area (Å²) in [5.41, 5.74) is 3.01. The molecule has 0 aliphatic heterocycles. The number of nitrogens with zero attached hydrogens (tertiary/aromatic N) is 2. The van der Waals surface area contributed by atoms with E-state index in [1.807, 2.05) is 32.0 Å². The number of hydrogen-bond donors (Lipinski definition) is 1. The van der Waals surface area contributed by atoms with Gasteiger partial charge in [0, 0.05) is 11.9 Å². The lowest BCUT2D eigenvalue weighted by Crippen LogP contribution is -1.83. The van der Waals surface area contributed by atoms with Crippen LogP contribution in [0.5, 0.6) is 0 Å². The summed E-state index contributed by atoms with van der Waals surface area (Å²) in [4.78, 5) is 11.8. The number of hydrogen-bond acceptors (Lipinski definition) is 2. The molecular formula is C10H11N3. The highest BCUT2D eigenvalue weighted by atomic mass is 15.0. The fraction of sp³-hybridized carbons (Fsp3) is 0.200. The van der Waals surface area contributed by atoms with Gasteiger partial charge in [-0.1, -0.05) is 6.07 Å². The Morgan fingerprint density at radius 2 is 2.08 bits per heavy atom. The second-order valence-electron chi connectivity index (χ2n) is 3.01. The van der Waals surface area contributed by atoms with Crippen molar-refractivity contribution in [3.63, 3.8) is 0 Å². The maximum atomic E-state index is 4.36. The maximum Gasteiger partial charge on any atom is 0.156 e. The van der Waals surface area contributed by atoms with Crippen LogP contribution in [0.4, 0.5) is 0 Å². The third kappa shape index (κ3) is 1.45. The highest BCUT2D eigenvalue weighted by molar-refractivity contribution is 5.49. The zero-order valence-corrected chi connectivity index (χ0v) is 7.70. The Labute approximate surface area is 76.9 Å². The summed E-state index contributed by atoms with van der Waals surface area (Å²) in [6, 6.07) is 5.79. The standard InChI is InChI=1S/C10H11N3/c1-7-8(2)13-10(12-7)9-5-3-4-6-11-9/h3-6H,1-2H3,(H,12,13). The molecule has 2 rings (SSSR count). The molecule has 0 bridgehead atoms. The van der Waals surface area contributed by atoms with Crippen molar-refractivity contribution in [2.75, 3.05) is 0 Å². The van der Waals surface area contributed by atoms with Crippen LogP contribution in [0, 0.1) is 13.8 Å². The summed E-state index contributed by atoms with van der Waals surface area (Å²) in [5.74, 6) is 0.843. The lowest BCUT2D eigenvalue weighted by atomic mass is 10.3. The van der Waals surface area contributed by atoms with Crippen molar-refractivity contribution in [2.24, 2.45) is 0 Å². The van der Waals surface area contributed by atoms with E-state index in [-0.39, 0.29) is 0 Å².